The maximum Gasteiger partial charge on any atom is 0.255 e. The predicted octanol–water partition coefficient (Wildman–Crippen LogP) is 3.24. The third-order valence-electron chi connectivity index (χ3n) is 5.34. The van der Waals surface area contributed by atoms with Crippen LogP contribution in [-0.4, -0.2) is 60.9 Å². The second-order valence-corrected chi connectivity index (χ2v) is 7.81. The number of benzene rings is 1. The highest BCUT2D eigenvalue weighted by atomic mass is 35.5. The average Bonchev–Trinajstić information content (AvgIpc) is 2.69. The highest BCUT2D eigenvalue weighted by Crippen LogP contribution is 2.20. The molecule has 0 radical (unpaired) electrons. The van der Waals surface area contributed by atoms with Crippen molar-refractivity contribution in [3.63, 3.8) is 0 Å². The number of carbonyl (C=O) groups is 2. The fraction of sp³-hybridized carbons (Fsp3) is 0.524. The summed E-state index contributed by atoms with van der Waals surface area (Å²) < 4.78 is 13.2. The first-order chi connectivity index (χ1) is 13.5. The predicted molar refractivity (Wildman–Crippen MR) is 108 cm³/mol. The van der Waals surface area contributed by atoms with Gasteiger partial charge in [0.1, 0.15) is 5.82 Å². The van der Waals surface area contributed by atoms with Crippen molar-refractivity contribution in [2.75, 3.05) is 39.3 Å². The smallest absolute Gasteiger partial charge is 0.255 e. The molecule has 0 saturated carbocycles. The number of carbonyl (C=O) groups excluding carboxylic acids is 2. The van der Waals surface area contributed by atoms with Crippen LogP contribution in [0.15, 0.2) is 29.8 Å². The van der Waals surface area contributed by atoms with Crippen molar-refractivity contribution in [3.8, 4) is 0 Å². The third-order valence-corrected chi connectivity index (χ3v) is 5.65. The Bertz CT molecular complexity index is 745. The van der Waals surface area contributed by atoms with Crippen LogP contribution in [0.1, 0.15) is 42.5 Å². The van der Waals surface area contributed by atoms with Crippen molar-refractivity contribution in [1.82, 2.24) is 15.1 Å². The number of hydrogen-bond acceptors (Lipinski definition) is 3. The molecule has 7 heteroatoms. The first-order valence-electron chi connectivity index (χ1n) is 9.94. The molecule has 152 valence electrons. The Labute approximate surface area is 170 Å². The Morgan fingerprint density at radius 3 is 2.61 bits per heavy atom. The van der Waals surface area contributed by atoms with E-state index in [0.717, 1.165) is 25.3 Å². The van der Waals surface area contributed by atoms with Gasteiger partial charge in [0.15, 0.2) is 0 Å². The number of hydrogen-bond donors (Lipinski definition) is 1. The standard InChI is InChI=1S/C21H27ClFN3O2/c22-19-14-17(23)6-7-18(19)21(28)26-12-10-25(11-13-26)15-20(27)24-9-8-16-4-2-1-3-5-16/h4,6-7,14H,1-3,5,8-13,15H2,(H,24,27). The van der Waals surface area contributed by atoms with Crippen molar-refractivity contribution in [1.29, 1.82) is 0 Å². The van der Waals surface area contributed by atoms with Gasteiger partial charge in [-0.1, -0.05) is 23.3 Å². The number of nitrogens with one attached hydrogen (secondary N) is 1. The summed E-state index contributed by atoms with van der Waals surface area (Å²) in [6.07, 6.45) is 8.09. The van der Waals surface area contributed by atoms with Crippen molar-refractivity contribution >= 4 is 23.4 Å². The van der Waals surface area contributed by atoms with Crippen LogP contribution in [0.3, 0.4) is 0 Å². The lowest BCUT2D eigenvalue weighted by atomic mass is 9.97. The molecule has 3 rings (SSSR count). The van der Waals surface area contributed by atoms with Gasteiger partial charge < -0.3 is 10.2 Å². The summed E-state index contributed by atoms with van der Waals surface area (Å²) in [5.74, 6) is -0.634. The van der Waals surface area contributed by atoms with Crippen LogP contribution in [0, 0.1) is 5.82 Å². The zero-order valence-corrected chi connectivity index (χ0v) is 16.8. The lowest BCUT2D eigenvalue weighted by Crippen LogP contribution is -2.51. The molecule has 1 fully saturated rings. The Hall–Kier alpha value is -1.92. The molecule has 0 unspecified atom stereocenters. The average molecular weight is 408 g/mol. The number of amides is 2. The van der Waals surface area contributed by atoms with Gasteiger partial charge in [-0.25, -0.2) is 4.39 Å². The first-order valence-corrected chi connectivity index (χ1v) is 10.3. The summed E-state index contributed by atoms with van der Waals surface area (Å²) >= 11 is 5.99. The molecule has 1 aliphatic carbocycles. The van der Waals surface area contributed by atoms with Crippen LogP contribution in [0.4, 0.5) is 4.39 Å². The largest absolute Gasteiger partial charge is 0.355 e. The van der Waals surface area contributed by atoms with Gasteiger partial charge in [-0.15, -0.1) is 0 Å². The van der Waals surface area contributed by atoms with Crippen LogP contribution in [0.25, 0.3) is 0 Å². The van der Waals surface area contributed by atoms with Gasteiger partial charge in [0.05, 0.1) is 17.1 Å². The molecule has 0 spiro atoms. The van der Waals surface area contributed by atoms with Gasteiger partial charge in [-0.2, -0.15) is 0 Å². The molecule has 1 aromatic carbocycles. The van der Waals surface area contributed by atoms with Crippen LogP contribution < -0.4 is 5.32 Å². The normalized spacial score (nSPS) is 17.9. The third kappa shape index (κ3) is 5.79. The molecular weight excluding hydrogens is 381 g/mol. The number of rotatable bonds is 6. The molecule has 28 heavy (non-hydrogen) atoms. The molecule has 0 bridgehead atoms. The molecule has 2 aliphatic rings. The zero-order chi connectivity index (χ0) is 19.9. The Morgan fingerprint density at radius 1 is 1.14 bits per heavy atom. The molecule has 5 nitrogen and oxygen atoms in total. The summed E-state index contributed by atoms with van der Waals surface area (Å²) in [5, 5.41) is 3.12. The summed E-state index contributed by atoms with van der Waals surface area (Å²) in [5.41, 5.74) is 1.77. The van der Waals surface area contributed by atoms with Crippen LogP contribution in [0.2, 0.25) is 5.02 Å². The fourth-order valence-electron chi connectivity index (χ4n) is 3.70. The van der Waals surface area contributed by atoms with E-state index in [2.05, 4.69) is 11.4 Å². The molecule has 1 N–H and O–H groups in total. The van der Waals surface area contributed by atoms with Crippen molar-refractivity contribution in [2.45, 2.75) is 32.1 Å². The van der Waals surface area contributed by atoms with E-state index in [1.807, 2.05) is 4.90 Å². The minimum absolute atomic E-state index is 0.0257. The molecule has 1 aromatic rings. The van der Waals surface area contributed by atoms with Crippen LogP contribution in [-0.2, 0) is 4.79 Å². The maximum absolute atomic E-state index is 13.2. The van der Waals surface area contributed by atoms with Gasteiger partial charge in [0.25, 0.3) is 5.91 Å². The van der Waals surface area contributed by atoms with Crippen molar-refractivity contribution in [3.05, 3.63) is 46.3 Å². The van der Waals surface area contributed by atoms with E-state index in [0.29, 0.717) is 44.8 Å². The number of piperazine rings is 1. The molecular formula is C21H27ClFN3O2. The number of allylic oxidation sites excluding steroid dienone is 1. The number of nitrogens with zero attached hydrogens (tertiary/aromatic N) is 2. The Morgan fingerprint density at radius 2 is 1.93 bits per heavy atom. The summed E-state index contributed by atoms with van der Waals surface area (Å²) in [4.78, 5) is 28.5. The highest BCUT2D eigenvalue weighted by molar-refractivity contribution is 6.33. The summed E-state index contributed by atoms with van der Waals surface area (Å²) in [6, 6.07) is 3.81. The number of halogens is 2. The quantitative estimate of drug-likeness (QED) is 0.736. The topological polar surface area (TPSA) is 52.7 Å². The zero-order valence-electron chi connectivity index (χ0n) is 16.1. The van der Waals surface area contributed by atoms with Crippen LogP contribution in [0.5, 0.6) is 0 Å². The first kappa shape index (κ1) is 20.8. The molecule has 2 amide bonds. The van der Waals surface area contributed by atoms with Gasteiger partial charge in [-0.05, 0) is 50.3 Å². The van der Waals surface area contributed by atoms with E-state index in [4.69, 9.17) is 11.6 Å². The van der Waals surface area contributed by atoms with E-state index in [1.54, 1.807) is 4.90 Å². The molecule has 1 saturated heterocycles. The summed E-state index contributed by atoms with van der Waals surface area (Å²) in [7, 11) is 0. The minimum atomic E-state index is -0.461. The fourth-order valence-corrected chi connectivity index (χ4v) is 3.94. The van der Waals surface area contributed by atoms with Crippen molar-refractivity contribution in [2.24, 2.45) is 0 Å². The van der Waals surface area contributed by atoms with E-state index in [1.165, 1.54) is 30.5 Å². The Kier molecular flexibility index (Phi) is 7.45. The van der Waals surface area contributed by atoms with Crippen molar-refractivity contribution < 1.29 is 14.0 Å². The van der Waals surface area contributed by atoms with Gasteiger partial charge >= 0.3 is 0 Å². The lowest BCUT2D eigenvalue weighted by Gasteiger charge is -2.34. The van der Waals surface area contributed by atoms with Gasteiger partial charge in [0.2, 0.25) is 5.91 Å². The van der Waals surface area contributed by atoms with E-state index in [9.17, 15) is 14.0 Å². The lowest BCUT2D eigenvalue weighted by molar-refractivity contribution is -0.122. The Balaban J connectivity index is 1.39. The van der Waals surface area contributed by atoms with Gasteiger partial charge in [-0.3, -0.25) is 14.5 Å². The maximum atomic E-state index is 13.2. The van der Waals surface area contributed by atoms with Gasteiger partial charge in [0, 0.05) is 32.7 Å². The second-order valence-electron chi connectivity index (χ2n) is 7.40. The highest BCUT2D eigenvalue weighted by Gasteiger charge is 2.24. The van der Waals surface area contributed by atoms with E-state index in [-0.39, 0.29) is 16.8 Å². The second kappa shape index (κ2) is 10.0. The molecule has 1 heterocycles. The monoisotopic (exact) mass is 407 g/mol. The van der Waals surface area contributed by atoms with E-state index < -0.39 is 5.82 Å². The molecule has 0 aromatic heterocycles. The minimum Gasteiger partial charge on any atom is -0.355 e. The van der Waals surface area contributed by atoms with Crippen LogP contribution >= 0.6 is 11.6 Å². The molecule has 1 aliphatic heterocycles. The molecule has 0 atom stereocenters. The summed E-state index contributed by atoms with van der Waals surface area (Å²) in [6.45, 7) is 3.33. The SMILES string of the molecule is O=C(CN1CCN(C(=O)c2ccc(F)cc2Cl)CC1)NCCC1=CCCCC1. The van der Waals surface area contributed by atoms with E-state index >= 15 is 0 Å².